The maximum Gasteiger partial charge on any atom is 0.333 e. The highest BCUT2D eigenvalue weighted by atomic mass is 32.2. The van der Waals surface area contributed by atoms with E-state index in [0.29, 0.717) is 18.4 Å². The van der Waals surface area contributed by atoms with Gasteiger partial charge in [-0.2, -0.15) is 8.42 Å². The second-order valence-corrected chi connectivity index (χ2v) is 8.79. The predicted molar refractivity (Wildman–Crippen MR) is 106 cm³/mol. The molecule has 0 amide bonds. The minimum absolute atomic E-state index is 0.117. The molecule has 152 valence electrons. The number of carbonyl (C=O) groups excluding carboxylic acids is 1. The summed E-state index contributed by atoms with van der Waals surface area (Å²) in [6.45, 7) is 9.24. The fourth-order valence-electron chi connectivity index (χ4n) is 2.85. The number of allylic oxidation sites excluding steroid dienone is 3. The molecule has 8 heteroatoms. The molecule has 1 N–H and O–H groups in total. The first kappa shape index (κ1) is 23.3. The molecule has 1 aliphatic heterocycles. The zero-order valence-electron chi connectivity index (χ0n) is 16.2. The molecule has 1 rings (SSSR count). The minimum atomic E-state index is -4.02. The molecule has 1 atom stereocenters. The van der Waals surface area contributed by atoms with Gasteiger partial charge in [-0.1, -0.05) is 24.8 Å². The van der Waals surface area contributed by atoms with E-state index in [1.807, 2.05) is 32.1 Å². The third-order valence-corrected chi connectivity index (χ3v) is 4.75. The van der Waals surface area contributed by atoms with Crippen molar-refractivity contribution in [3.63, 3.8) is 0 Å². The number of hydrogen-bond donors (Lipinski definition) is 1. The first-order valence-electron chi connectivity index (χ1n) is 8.76. The van der Waals surface area contributed by atoms with E-state index in [1.54, 1.807) is 19.2 Å². The highest BCUT2D eigenvalue weighted by molar-refractivity contribution is 7.85. The van der Waals surface area contributed by atoms with Crippen LogP contribution in [0.2, 0.25) is 0 Å². The van der Waals surface area contributed by atoms with Gasteiger partial charge in [0, 0.05) is 18.2 Å². The molecular weight excluding hydrogens is 370 g/mol. The summed E-state index contributed by atoms with van der Waals surface area (Å²) in [6.07, 6.45) is 10.3. The second-order valence-electron chi connectivity index (χ2n) is 7.22. The van der Waals surface area contributed by atoms with Crippen molar-refractivity contribution < 1.29 is 27.2 Å². The van der Waals surface area contributed by atoms with E-state index in [4.69, 9.17) is 14.0 Å². The topological polar surface area (TPSA) is 102 Å². The number of ether oxygens (including phenoxy) is 2. The van der Waals surface area contributed by atoms with E-state index in [-0.39, 0.29) is 25.4 Å². The quantitative estimate of drug-likeness (QED) is 0.248. The number of aliphatic imine (C=N–C) groups is 1. The molecule has 0 aromatic rings. The maximum atomic E-state index is 11.4. The monoisotopic (exact) mass is 399 g/mol. The molecule has 0 radical (unpaired) electrons. The summed E-state index contributed by atoms with van der Waals surface area (Å²) >= 11 is 0. The highest BCUT2D eigenvalue weighted by Crippen LogP contribution is 2.33. The lowest BCUT2D eigenvalue weighted by Gasteiger charge is -2.35. The van der Waals surface area contributed by atoms with Crippen molar-refractivity contribution in [1.82, 2.24) is 0 Å². The van der Waals surface area contributed by atoms with Gasteiger partial charge in [0.1, 0.15) is 6.61 Å². The Morgan fingerprint density at radius 3 is 2.59 bits per heavy atom. The van der Waals surface area contributed by atoms with Gasteiger partial charge in [-0.3, -0.25) is 9.55 Å². The van der Waals surface area contributed by atoms with Gasteiger partial charge in [-0.25, -0.2) is 4.79 Å². The number of nitrogens with zero attached hydrogens (tertiary/aromatic N) is 1. The standard InChI is InChI=1S/C19H29NO6S/c1-16(2)17(21)25-12-13-26-18(3,4)15-19(9-6-5-7-11-20-19)10-8-14-27(22,23)24/h5-7,9,11H,1,8,10,12-15H2,2-4H3,(H,22,23,24). The number of esters is 1. The molecule has 7 nitrogen and oxygen atoms in total. The molecule has 0 fully saturated rings. The third-order valence-electron chi connectivity index (χ3n) is 3.95. The van der Waals surface area contributed by atoms with Gasteiger partial charge in [-0.15, -0.1) is 0 Å². The third kappa shape index (κ3) is 9.65. The summed E-state index contributed by atoms with van der Waals surface area (Å²) in [5.74, 6) is -0.774. The van der Waals surface area contributed by atoms with Crippen LogP contribution in [0, 0.1) is 0 Å². The molecule has 27 heavy (non-hydrogen) atoms. The Morgan fingerprint density at radius 1 is 1.26 bits per heavy atom. The van der Waals surface area contributed by atoms with Gasteiger partial charge < -0.3 is 9.47 Å². The lowest BCUT2D eigenvalue weighted by atomic mass is 9.82. The van der Waals surface area contributed by atoms with Crippen LogP contribution in [0.25, 0.3) is 0 Å². The first-order chi connectivity index (χ1) is 12.4. The fraction of sp³-hybridized carbons (Fsp3) is 0.579. The van der Waals surface area contributed by atoms with Crippen LogP contribution in [0.15, 0.2) is 41.4 Å². The van der Waals surface area contributed by atoms with Crippen LogP contribution in [-0.2, 0) is 24.4 Å². The molecule has 0 aliphatic carbocycles. The Labute approximate surface area is 161 Å². The van der Waals surface area contributed by atoms with E-state index in [2.05, 4.69) is 11.6 Å². The Bertz CT molecular complexity index is 702. The van der Waals surface area contributed by atoms with Crippen molar-refractivity contribution in [2.45, 2.75) is 51.2 Å². The van der Waals surface area contributed by atoms with Crippen LogP contribution in [0.4, 0.5) is 0 Å². The fourth-order valence-corrected chi connectivity index (χ4v) is 3.36. The average Bonchev–Trinajstić information content (AvgIpc) is 2.75. The summed E-state index contributed by atoms with van der Waals surface area (Å²) in [5, 5.41) is 0. The van der Waals surface area contributed by atoms with Crippen LogP contribution in [-0.4, -0.2) is 55.3 Å². The Morgan fingerprint density at radius 2 is 1.96 bits per heavy atom. The lowest BCUT2D eigenvalue weighted by molar-refractivity contribution is -0.142. The Kier molecular flexibility index (Phi) is 8.59. The van der Waals surface area contributed by atoms with Gasteiger partial charge in [-0.05, 0) is 39.7 Å². The van der Waals surface area contributed by atoms with Crippen LogP contribution < -0.4 is 0 Å². The minimum Gasteiger partial charge on any atom is -0.460 e. The van der Waals surface area contributed by atoms with Crippen molar-refractivity contribution in [3.8, 4) is 0 Å². The highest BCUT2D eigenvalue weighted by Gasteiger charge is 2.34. The lowest BCUT2D eigenvalue weighted by Crippen LogP contribution is -2.38. The molecule has 0 aromatic heterocycles. The van der Waals surface area contributed by atoms with E-state index in [0.717, 1.165) is 0 Å². The van der Waals surface area contributed by atoms with Gasteiger partial charge in [0.05, 0.1) is 23.5 Å². The van der Waals surface area contributed by atoms with Crippen molar-refractivity contribution in [3.05, 3.63) is 36.5 Å². The summed E-state index contributed by atoms with van der Waals surface area (Å²) in [7, 11) is -4.02. The molecule has 0 spiro atoms. The van der Waals surface area contributed by atoms with Crippen molar-refractivity contribution in [2.75, 3.05) is 19.0 Å². The average molecular weight is 400 g/mol. The molecule has 0 bridgehead atoms. The van der Waals surface area contributed by atoms with E-state index in [9.17, 15) is 13.2 Å². The zero-order chi connectivity index (χ0) is 20.6. The first-order valence-corrected chi connectivity index (χ1v) is 10.4. The zero-order valence-corrected chi connectivity index (χ0v) is 17.0. The van der Waals surface area contributed by atoms with Crippen LogP contribution in [0.3, 0.4) is 0 Å². The number of carbonyl (C=O) groups is 1. The van der Waals surface area contributed by atoms with Gasteiger partial charge in [0.25, 0.3) is 10.1 Å². The van der Waals surface area contributed by atoms with Crippen LogP contribution in [0.5, 0.6) is 0 Å². The van der Waals surface area contributed by atoms with Crippen LogP contribution in [0.1, 0.15) is 40.0 Å². The van der Waals surface area contributed by atoms with Crippen molar-refractivity contribution in [1.29, 1.82) is 0 Å². The maximum absolute atomic E-state index is 11.4. The largest absolute Gasteiger partial charge is 0.460 e. The molecular formula is C19H29NO6S. The molecule has 0 saturated carbocycles. The SMILES string of the molecule is C=C(C)C(=O)OCCOC(C)(C)CC1(CCCS(=O)(=O)O)C=CC=CC=N1. The predicted octanol–water partition coefficient (Wildman–Crippen LogP) is 2.89. The normalized spacial score (nSPS) is 19.7. The Balaban J connectivity index is 2.70. The smallest absolute Gasteiger partial charge is 0.333 e. The van der Waals surface area contributed by atoms with Crippen molar-refractivity contribution >= 4 is 22.3 Å². The summed E-state index contributed by atoms with van der Waals surface area (Å²) < 4.78 is 41.9. The van der Waals surface area contributed by atoms with E-state index >= 15 is 0 Å². The second kappa shape index (κ2) is 9.96. The Hall–Kier alpha value is -1.77. The van der Waals surface area contributed by atoms with E-state index < -0.39 is 27.2 Å². The molecule has 1 aliphatic rings. The summed E-state index contributed by atoms with van der Waals surface area (Å²) in [6, 6.07) is 0. The summed E-state index contributed by atoms with van der Waals surface area (Å²) in [5.41, 5.74) is -0.913. The van der Waals surface area contributed by atoms with Gasteiger partial charge >= 0.3 is 5.97 Å². The number of hydrogen-bond acceptors (Lipinski definition) is 6. The van der Waals surface area contributed by atoms with Crippen LogP contribution >= 0.6 is 0 Å². The van der Waals surface area contributed by atoms with Gasteiger partial charge in [0.2, 0.25) is 0 Å². The van der Waals surface area contributed by atoms with E-state index in [1.165, 1.54) is 0 Å². The molecule has 1 unspecified atom stereocenters. The molecule has 0 aromatic carbocycles. The molecule has 1 heterocycles. The number of rotatable bonds is 11. The molecule has 0 saturated heterocycles. The summed E-state index contributed by atoms with van der Waals surface area (Å²) in [4.78, 5) is 16.0. The van der Waals surface area contributed by atoms with Crippen molar-refractivity contribution in [2.24, 2.45) is 4.99 Å². The van der Waals surface area contributed by atoms with Gasteiger partial charge in [0.15, 0.2) is 0 Å².